The summed E-state index contributed by atoms with van der Waals surface area (Å²) in [6.07, 6.45) is 0. The molecular weight excluding hydrogens is 253 g/mol. The van der Waals surface area contributed by atoms with Crippen LogP contribution in [0.4, 0.5) is 15.8 Å². The lowest BCUT2D eigenvalue weighted by molar-refractivity contribution is 0.101. The summed E-state index contributed by atoms with van der Waals surface area (Å²) in [5.41, 5.74) is 2.79. The van der Waals surface area contributed by atoms with Crippen molar-refractivity contribution in [3.05, 3.63) is 59.4 Å². The number of rotatable bonds is 4. The number of para-hydroxylation sites is 1. The summed E-state index contributed by atoms with van der Waals surface area (Å²) in [6.45, 7) is 5.99. The molecule has 0 atom stereocenters. The Morgan fingerprint density at radius 3 is 2.35 bits per heavy atom. The van der Waals surface area contributed by atoms with Gasteiger partial charge >= 0.3 is 0 Å². The quantitative estimate of drug-likeness (QED) is 0.763. The predicted octanol–water partition coefficient (Wildman–Crippen LogP) is 4.49. The van der Waals surface area contributed by atoms with Gasteiger partial charge in [0.15, 0.2) is 5.78 Å². The van der Waals surface area contributed by atoms with Gasteiger partial charge in [-0.3, -0.25) is 4.79 Å². The molecule has 2 nitrogen and oxygen atoms in total. The molecule has 3 heteroatoms. The first kappa shape index (κ1) is 14.3. The number of anilines is 2. The van der Waals surface area contributed by atoms with Crippen molar-refractivity contribution in [3.8, 4) is 0 Å². The fraction of sp³-hybridized carbons (Fsp3) is 0.235. The Kier molecular flexibility index (Phi) is 4.18. The van der Waals surface area contributed by atoms with Gasteiger partial charge < -0.3 is 4.90 Å². The summed E-state index contributed by atoms with van der Waals surface area (Å²) < 4.78 is 14.2. The lowest BCUT2D eigenvalue weighted by Gasteiger charge is -2.26. The third-order valence-electron chi connectivity index (χ3n) is 3.30. The zero-order valence-electron chi connectivity index (χ0n) is 12.0. The highest BCUT2D eigenvalue weighted by atomic mass is 19.1. The van der Waals surface area contributed by atoms with E-state index in [1.807, 2.05) is 43.0 Å². The molecule has 0 radical (unpaired) electrons. The van der Waals surface area contributed by atoms with Crippen LogP contribution in [0.3, 0.4) is 0 Å². The van der Waals surface area contributed by atoms with Crippen LogP contribution in [0.2, 0.25) is 0 Å². The summed E-state index contributed by atoms with van der Waals surface area (Å²) in [5, 5.41) is 0. The number of hydrogen-bond donors (Lipinski definition) is 0. The van der Waals surface area contributed by atoms with Gasteiger partial charge in [-0.15, -0.1) is 0 Å². The molecule has 0 aliphatic heterocycles. The number of nitrogens with zero attached hydrogens (tertiary/aromatic N) is 1. The van der Waals surface area contributed by atoms with Crippen molar-refractivity contribution in [1.82, 2.24) is 0 Å². The number of halogens is 1. The van der Waals surface area contributed by atoms with E-state index >= 15 is 0 Å². The Balaban J connectivity index is 2.57. The standard InChI is InChI=1S/C17H18FNO/c1-4-19(14-10-8-12(2)9-11-14)17-15(13(3)20)6-5-7-16(17)18/h5-11H,4H2,1-3H3. The van der Waals surface area contributed by atoms with Gasteiger partial charge in [0, 0.05) is 17.8 Å². The Bertz CT molecular complexity index is 619. The predicted molar refractivity (Wildman–Crippen MR) is 80.3 cm³/mol. The van der Waals surface area contributed by atoms with Gasteiger partial charge in [0.2, 0.25) is 0 Å². The smallest absolute Gasteiger partial charge is 0.162 e. The maximum Gasteiger partial charge on any atom is 0.162 e. The van der Waals surface area contributed by atoms with E-state index in [0.29, 0.717) is 17.8 Å². The van der Waals surface area contributed by atoms with E-state index < -0.39 is 0 Å². The van der Waals surface area contributed by atoms with E-state index in [0.717, 1.165) is 11.3 Å². The maximum atomic E-state index is 14.2. The minimum atomic E-state index is -0.375. The van der Waals surface area contributed by atoms with E-state index in [9.17, 15) is 9.18 Å². The SMILES string of the molecule is CCN(c1ccc(C)cc1)c1c(F)cccc1C(C)=O. The highest BCUT2D eigenvalue weighted by Crippen LogP contribution is 2.31. The second-order valence-corrected chi connectivity index (χ2v) is 4.77. The lowest BCUT2D eigenvalue weighted by atomic mass is 10.1. The Hall–Kier alpha value is -2.16. The van der Waals surface area contributed by atoms with Crippen molar-refractivity contribution in [2.45, 2.75) is 20.8 Å². The largest absolute Gasteiger partial charge is 0.339 e. The number of carbonyl (C=O) groups is 1. The average molecular weight is 271 g/mol. The van der Waals surface area contributed by atoms with Crippen LogP contribution in [0.1, 0.15) is 29.8 Å². The lowest BCUT2D eigenvalue weighted by Crippen LogP contribution is -2.20. The molecule has 0 N–H and O–H groups in total. The molecule has 0 spiro atoms. The molecule has 20 heavy (non-hydrogen) atoms. The Morgan fingerprint density at radius 2 is 1.80 bits per heavy atom. The zero-order valence-corrected chi connectivity index (χ0v) is 12.0. The Morgan fingerprint density at radius 1 is 1.15 bits per heavy atom. The third-order valence-corrected chi connectivity index (χ3v) is 3.30. The molecule has 0 heterocycles. The van der Waals surface area contributed by atoms with Gasteiger partial charge in [-0.2, -0.15) is 0 Å². The second kappa shape index (κ2) is 5.87. The molecule has 0 fully saturated rings. The van der Waals surface area contributed by atoms with Gasteiger partial charge in [-0.1, -0.05) is 23.8 Å². The number of aryl methyl sites for hydroxylation is 1. The number of carbonyl (C=O) groups excluding carboxylic acids is 1. The van der Waals surface area contributed by atoms with Gasteiger partial charge in [-0.05, 0) is 45.0 Å². The molecule has 0 aliphatic rings. The molecule has 104 valence electrons. The first-order valence-corrected chi connectivity index (χ1v) is 6.68. The van der Waals surface area contributed by atoms with Crippen LogP contribution in [-0.2, 0) is 0 Å². The first-order valence-electron chi connectivity index (χ1n) is 6.68. The number of ketones is 1. The normalized spacial score (nSPS) is 10.4. The highest BCUT2D eigenvalue weighted by Gasteiger charge is 2.18. The van der Waals surface area contributed by atoms with Crippen molar-refractivity contribution in [3.63, 3.8) is 0 Å². The van der Waals surface area contributed by atoms with Gasteiger partial charge in [0.1, 0.15) is 5.82 Å². The van der Waals surface area contributed by atoms with Crippen molar-refractivity contribution < 1.29 is 9.18 Å². The highest BCUT2D eigenvalue weighted by molar-refractivity contribution is 6.00. The van der Waals surface area contributed by atoms with Crippen molar-refractivity contribution >= 4 is 17.2 Å². The molecular formula is C17H18FNO. The second-order valence-electron chi connectivity index (χ2n) is 4.77. The molecule has 0 unspecified atom stereocenters. The summed E-state index contributed by atoms with van der Waals surface area (Å²) in [4.78, 5) is 13.6. The van der Waals surface area contributed by atoms with Crippen LogP contribution in [-0.4, -0.2) is 12.3 Å². The summed E-state index contributed by atoms with van der Waals surface area (Å²) in [5.74, 6) is -0.509. The Labute approximate surface area is 118 Å². The van der Waals surface area contributed by atoms with Crippen molar-refractivity contribution in [2.24, 2.45) is 0 Å². The minimum absolute atomic E-state index is 0.134. The molecule has 0 aromatic heterocycles. The number of benzene rings is 2. The molecule has 2 aromatic rings. The fourth-order valence-electron chi connectivity index (χ4n) is 2.27. The van der Waals surface area contributed by atoms with E-state index in [2.05, 4.69) is 0 Å². The van der Waals surface area contributed by atoms with Gasteiger partial charge in [0.25, 0.3) is 0 Å². The first-order chi connectivity index (χ1) is 9.54. The number of Topliss-reactive ketones (excluding diaryl/α,β-unsaturated/α-hetero) is 1. The topological polar surface area (TPSA) is 20.3 Å². The van der Waals surface area contributed by atoms with Crippen LogP contribution in [0, 0.1) is 12.7 Å². The fourth-order valence-corrected chi connectivity index (χ4v) is 2.27. The minimum Gasteiger partial charge on any atom is -0.339 e. The van der Waals surface area contributed by atoms with E-state index in [1.165, 1.54) is 13.0 Å². The third kappa shape index (κ3) is 2.72. The summed E-state index contributed by atoms with van der Waals surface area (Å²) >= 11 is 0. The number of hydrogen-bond acceptors (Lipinski definition) is 2. The maximum absolute atomic E-state index is 14.2. The van der Waals surface area contributed by atoms with Gasteiger partial charge in [0.05, 0.1) is 5.69 Å². The van der Waals surface area contributed by atoms with Crippen LogP contribution in [0.5, 0.6) is 0 Å². The van der Waals surface area contributed by atoms with E-state index in [4.69, 9.17) is 0 Å². The molecule has 0 saturated carbocycles. The molecule has 0 saturated heterocycles. The summed E-state index contributed by atoms with van der Waals surface area (Å²) in [7, 11) is 0. The van der Waals surface area contributed by atoms with Gasteiger partial charge in [-0.25, -0.2) is 4.39 Å². The summed E-state index contributed by atoms with van der Waals surface area (Å²) in [6, 6.07) is 12.5. The zero-order chi connectivity index (χ0) is 14.7. The molecule has 0 bridgehead atoms. The van der Waals surface area contributed by atoms with Crippen molar-refractivity contribution in [2.75, 3.05) is 11.4 Å². The van der Waals surface area contributed by atoms with E-state index in [-0.39, 0.29) is 11.6 Å². The van der Waals surface area contributed by atoms with Crippen LogP contribution >= 0.6 is 0 Å². The van der Waals surface area contributed by atoms with Crippen LogP contribution < -0.4 is 4.90 Å². The molecule has 0 amide bonds. The molecule has 0 aliphatic carbocycles. The van der Waals surface area contributed by atoms with Crippen LogP contribution in [0.25, 0.3) is 0 Å². The molecule has 2 aromatic carbocycles. The van der Waals surface area contributed by atoms with E-state index in [1.54, 1.807) is 12.1 Å². The molecule has 2 rings (SSSR count). The van der Waals surface area contributed by atoms with Crippen LogP contribution in [0.15, 0.2) is 42.5 Å². The monoisotopic (exact) mass is 271 g/mol. The average Bonchev–Trinajstić information content (AvgIpc) is 2.43. The van der Waals surface area contributed by atoms with Crippen molar-refractivity contribution in [1.29, 1.82) is 0 Å².